The number of hydrogen-bond donors (Lipinski definition) is 0. The van der Waals surface area contributed by atoms with Gasteiger partial charge in [-0.05, 0) is 122 Å². The van der Waals surface area contributed by atoms with Crippen molar-refractivity contribution in [2.24, 2.45) is 56.7 Å². The largest absolute Gasteiger partial charge is 0.469 e. The molecule has 6 rings (SSSR count). The van der Waals surface area contributed by atoms with Crippen molar-refractivity contribution in [2.45, 2.75) is 170 Å². The third kappa shape index (κ3) is 7.14. The molecule has 12 heteroatoms. The zero-order valence-corrected chi connectivity index (χ0v) is 36.2. The minimum absolute atomic E-state index is 0.00588. The number of methoxy groups -OCH3 is 1. The highest BCUT2D eigenvalue weighted by molar-refractivity contribution is 5.78. The lowest BCUT2D eigenvalue weighted by atomic mass is 9.32. The summed E-state index contributed by atoms with van der Waals surface area (Å²) in [5.41, 5.74) is 0.528. The Morgan fingerprint density at radius 2 is 1.30 bits per heavy atom. The highest BCUT2D eigenvalue weighted by atomic mass is 16.7. The molecule has 6 fully saturated rings. The summed E-state index contributed by atoms with van der Waals surface area (Å²) in [7, 11) is 1.55. The first kappa shape index (κ1) is 43.6. The molecule has 5 aliphatic carbocycles. The lowest BCUT2D eigenvalue weighted by Gasteiger charge is -2.73. The van der Waals surface area contributed by atoms with Gasteiger partial charge in [-0.2, -0.15) is 0 Å². The first-order valence-corrected chi connectivity index (χ1v) is 21.3. The molecule has 0 radical (unpaired) electrons. The molecule has 0 N–H and O–H groups in total. The maximum absolute atomic E-state index is 13.7. The Balaban J connectivity index is 1.29. The van der Waals surface area contributed by atoms with Crippen LogP contribution < -0.4 is 0 Å². The minimum Gasteiger partial charge on any atom is -0.469 e. The second-order valence-electron chi connectivity index (χ2n) is 19.9. The van der Waals surface area contributed by atoms with Crippen molar-refractivity contribution in [3.63, 3.8) is 0 Å². The summed E-state index contributed by atoms with van der Waals surface area (Å²) in [6, 6.07) is 0. The number of rotatable bonds is 9. The van der Waals surface area contributed by atoms with E-state index in [1.54, 1.807) is 7.11 Å². The fraction of sp³-hybridized carbons (Fsp3) is 0.844. The molecular weight excluding hydrogens is 732 g/mol. The molecule has 6 aliphatic rings. The Kier molecular flexibility index (Phi) is 11.9. The molecule has 0 spiro atoms. The van der Waals surface area contributed by atoms with Crippen LogP contribution in [0.25, 0.3) is 0 Å². The van der Waals surface area contributed by atoms with Gasteiger partial charge in [0.1, 0.15) is 12.7 Å². The lowest BCUT2D eigenvalue weighted by molar-refractivity contribution is -0.334. The van der Waals surface area contributed by atoms with E-state index in [1.807, 2.05) is 0 Å². The topological polar surface area (TPSA) is 150 Å². The van der Waals surface area contributed by atoms with Gasteiger partial charge in [-0.25, -0.2) is 0 Å². The fourth-order valence-electron chi connectivity index (χ4n) is 14.4. The molecule has 0 aromatic carbocycles. The van der Waals surface area contributed by atoms with Crippen molar-refractivity contribution in [2.75, 3.05) is 13.7 Å². The van der Waals surface area contributed by atoms with Crippen LogP contribution in [0.3, 0.4) is 0 Å². The van der Waals surface area contributed by atoms with E-state index < -0.39 is 60.0 Å². The summed E-state index contributed by atoms with van der Waals surface area (Å²) in [4.78, 5) is 62.9. The molecule has 0 aromatic rings. The molecule has 0 unspecified atom stereocenters. The molecule has 0 bridgehead atoms. The van der Waals surface area contributed by atoms with Crippen molar-refractivity contribution in [1.82, 2.24) is 0 Å². The van der Waals surface area contributed by atoms with Crippen LogP contribution >= 0.6 is 0 Å². The molecule has 57 heavy (non-hydrogen) atoms. The van der Waals surface area contributed by atoms with Crippen LogP contribution in [0.2, 0.25) is 0 Å². The summed E-state index contributed by atoms with van der Waals surface area (Å²) in [6.07, 6.45) is 3.23. The summed E-state index contributed by atoms with van der Waals surface area (Å²) in [5, 5.41) is 0. The number of carbonyl (C=O) groups excluding carboxylic acids is 5. The molecule has 12 nitrogen and oxygen atoms in total. The van der Waals surface area contributed by atoms with Crippen LogP contribution in [0.1, 0.15) is 133 Å². The van der Waals surface area contributed by atoms with Crippen LogP contribution in [0.15, 0.2) is 12.2 Å². The van der Waals surface area contributed by atoms with Gasteiger partial charge in [0, 0.05) is 27.7 Å². The summed E-state index contributed by atoms with van der Waals surface area (Å²) < 4.78 is 41.3. The third-order valence-electron chi connectivity index (χ3n) is 16.8. The van der Waals surface area contributed by atoms with Crippen LogP contribution in [-0.2, 0) is 57.1 Å². The van der Waals surface area contributed by atoms with Gasteiger partial charge in [-0.3, -0.25) is 24.0 Å². The van der Waals surface area contributed by atoms with Crippen molar-refractivity contribution < 1.29 is 57.1 Å². The van der Waals surface area contributed by atoms with E-state index in [-0.39, 0.29) is 46.3 Å². The zero-order chi connectivity index (χ0) is 42.0. The highest BCUT2D eigenvalue weighted by Crippen LogP contribution is 2.77. The molecule has 1 aliphatic heterocycles. The Morgan fingerprint density at radius 1 is 0.667 bits per heavy atom. The standard InChI is InChI=1S/C45H68O12/c1-24(2)29-15-20-45(40(50)51-12)22-21-43(10)30(35(29)45)13-14-33-42(9)18-17-34(41(7,8)32(42)16-19-44(33,43)11)57-39-38(55-28(6)49)37(54-27(5)48)36(53-26(4)47)31(56-39)23-52-25(3)46/h29-39H,1,13-23H2,2-12H3/t29-,30+,31+,32-,33+,34-,35+,36+,37-,38+,39-,42-,43+,44+,45-/m0/s1. The van der Waals surface area contributed by atoms with E-state index >= 15 is 0 Å². The van der Waals surface area contributed by atoms with Gasteiger partial charge in [0.2, 0.25) is 0 Å². The first-order chi connectivity index (χ1) is 26.6. The number of carbonyl (C=O) groups is 5. The van der Waals surface area contributed by atoms with Crippen LogP contribution in [-0.4, -0.2) is 80.4 Å². The van der Waals surface area contributed by atoms with Gasteiger partial charge in [-0.1, -0.05) is 46.8 Å². The van der Waals surface area contributed by atoms with Gasteiger partial charge in [0.25, 0.3) is 0 Å². The molecule has 0 aromatic heterocycles. The average molecular weight is 801 g/mol. The smallest absolute Gasteiger partial charge is 0.312 e. The Hall–Kier alpha value is -2.99. The Morgan fingerprint density at radius 3 is 1.89 bits per heavy atom. The van der Waals surface area contributed by atoms with Crippen LogP contribution in [0, 0.1) is 56.7 Å². The molecule has 320 valence electrons. The fourth-order valence-corrected chi connectivity index (χ4v) is 14.4. The van der Waals surface area contributed by atoms with Gasteiger partial charge in [0.15, 0.2) is 24.6 Å². The SMILES string of the molecule is C=C(C)[C@@H]1CC[C@]2(C(=O)OC)CC[C@]3(C)[C@H](CC[C@@H]4[C@@]5(C)CC[C@H](O[C@@H]6O[C@H](COC(C)=O)[C@@H](OC(C)=O)[C@H](OC(C)=O)[C@H]6OC(C)=O)C(C)(C)[C@@H]5CC[C@]43C)[C@@H]12. The minimum atomic E-state index is -1.28. The number of fused-ring (bicyclic) bond motifs is 7. The molecule has 1 saturated heterocycles. The molecule has 5 saturated carbocycles. The zero-order valence-electron chi connectivity index (χ0n) is 36.2. The first-order valence-electron chi connectivity index (χ1n) is 21.3. The number of ether oxygens (including phenoxy) is 7. The maximum Gasteiger partial charge on any atom is 0.312 e. The average Bonchev–Trinajstić information content (AvgIpc) is 3.52. The Bertz CT molecular complexity index is 1620. The summed E-state index contributed by atoms with van der Waals surface area (Å²) in [6.45, 7) is 23.4. The van der Waals surface area contributed by atoms with Crippen molar-refractivity contribution >= 4 is 29.8 Å². The predicted octanol–water partition coefficient (Wildman–Crippen LogP) is 7.29. The lowest BCUT2D eigenvalue weighted by Crippen LogP contribution is -2.68. The highest BCUT2D eigenvalue weighted by Gasteiger charge is 2.72. The third-order valence-corrected chi connectivity index (χ3v) is 16.8. The number of esters is 5. The Labute approximate surface area is 339 Å². The van der Waals surface area contributed by atoms with E-state index in [4.69, 9.17) is 33.2 Å². The molecule has 1 heterocycles. The quantitative estimate of drug-likeness (QED) is 0.0998. The van der Waals surface area contributed by atoms with E-state index in [0.29, 0.717) is 30.1 Å². The van der Waals surface area contributed by atoms with Gasteiger partial charge in [-0.15, -0.1) is 0 Å². The molecular formula is C45H68O12. The van der Waals surface area contributed by atoms with Crippen LogP contribution in [0.4, 0.5) is 0 Å². The summed E-state index contributed by atoms with van der Waals surface area (Å²) >= 11 is 0. The van der Waals surface area contributed by atoms with E-state index in [2.05, 4.69) is 48.1 Å². The predicted molar refractivity (Wildman–Crippen MR) is 208 cm³/mol. The van der Waals surface area contributed by atoms with Crippen molar-refractivity contribution in [1.29, 1.82) is 0 Å². The van der Waals surface area contributed by atoms with E-state index in [0.717, 1.165) is 57.8 Å². The maximum atomic E-state index is 13.7. The number of allylic oxidation sites excluding steroid dienone is 1. The van der Waals surface area contributed by atoms with Gasteiger partial charge >= 0.3 is 29.8 Å². The second kappa shape index (κ2) is 15.6. The van der Waals surface area contributed by atoms with Crippen molar-refractivity contribution in [3.05, 3.63) is 12.2 Å². The number of hydrogen-bond acceptors (Lipinski definition) is 12. The van der Waals surface area contributed by atoms with E-state index in [1.165, 1.54) is 33.3 Å². The molecule has 15 atom stereocenters. The van der Waals surface area contributed by atoms with Crippen molar-refractivity contribution in [3.8, 4) is 0 Å². The summed E-state index contributed by atoms with van der Waals surface area (Å²) in [5.74, 6) is -0.881. The van der Waals surface area contributed by atoms with E-state index in [9.17, 15) is 24.0 Å². The van der Waals surface area contributed by atoms with Crippen LogP contribution in [0.5, 0.6) is 0 Å². The van der Waals surface area contributed by atoms with Gasteiger partial charge in [0.05, 0.1) is 18.6 Å². The second-order valence-corrected chi connectivity index (χ2v) is 19.9. The van der Waals surface area contributed by atoms with Gasteiger partial charge < -0.3 is 33.2 Å². The monoisotopic (exact) mass is 800 g/mol. The molecule has 0 amide bonds. The normalized spacial score (nSPS) is 44.4.